The molecule has 4 nitrogen and oxygen atoms in total. The van der Waals surface area contributed by atoms with Crippen molar-refractivity contribution in [2.24, 2.45) is 5.41 Å². The lowest BCUT2D eigenvalue weighted by Crippen LogP contribution is -2.51. The molecule has 0 amide bonds. The Morgan fingerprint density at radius 3 is 2.69 bits per heavy atom. The summed E-state index contributed by atoms with van der Waals surface area (Å²) < 4.78 is 6.70. The number of hydrogen-bond donors (Lipinski definition) is 2. The van der Waals surface area contributed by atoms with Gasteiger partial charge in [0.25, 0.3) is 0 Å². The van der Waals surface area contributed by atoms with Gasteiger partial charge in [0.1, 0.15) is 0 Å². The van der Waals surface area contributed by atoms with Crippen LogP contribution < -0.4 is 5.32 Å². The Morgan fingerprint density at radius 2 is 2.00 bits per heavy atom. The van der Waals surface area contributed by atoms with Gasteiger partial charge in [0, 0.05) is 54.1 Å². The summed E-state index contributed by atoms with van der Waals surface area (Å²) in [6, 6.07) is 8.24. The van der Waals surface area contributed by atoms with Gasteiger partial charge >= 0.3 is 0 Å². The molecule has 5 rings (SSSR count). The second kappa shape index (κ2) is 10.6. The molecule has 2 N–H and O–H groups in total. The molecule has 3 aliphatic rings. The number of hydrogen-bond acceptors (Lipinski definition) is 5. The van der Waals surface area contributed by atoms with E-state index in [0.717, 1.165) is 82.7 Å². The first-order valence-corrected chi connectivity index (χ1v) is 14.8. The highest BCUT2D eigenvalue weighted by atomic mass is 35.5. The Morgan fingerprint density at radius 1 is 1.17 bits per heavy atom. The monoisotopic (exact) mass is 536 g/mol. The summed E-state index contributed by atoms with van der Waals surface area (Å²) in [5.41, 5.74) is 2.31. The fraction of sp³-hybridized carbons (Fsp3) is 0.643. The number of aliphatic hydroxyl groups excluding tert-OH is 1. The lowest BCUT2D eigenvalue weighted by atomic mass is 9.70. The zero-order valence-corrected chi connectivity index (χ0v) is 23.0. The maximum Gasteiger partial charge on any atom is 0.0920 e. The van der Waals surface area contributed by atoms with Gasteiger partial charge in [0.15, 0.2) is 0 Å². The van der Waals surface area contributed by atoms with E-state index in [0.29, 0.717) is 10.9 Å². The van der Waals surface area contributed by atoms with Gasteiger partial charge in [-0.15, -0.1) is 0 Å². The minimum atomic E-state index is -0.317. The van der Waals surface area contributed by atoms with E-state index < -0.39 is 0 Å². The fourth-order valence-corrected chi connectivity index (χ4v) is 8.15. The summed E-state index contributed by atoms with van der Waals surface area (Å²) in [7, 11) is 0. The molecule has 0 bridgehead atoms. The molecule has 1 unspecified atom stereocenters. The Balaban J connectivity index is 1.34. The number of benzene rings is 1. The summed E-state index contributed by atoms with van der Waals surface area (Å²) >= 11 is 14.7. The first-order valence-electron chi connectivity index (χ1n) is 13.1. The van der Waals surface area contributed by atoms with Gasteiger partial charge in [-0.2, -0.15) is 11.3 Å². The van der Waals surface area contributed by atoms with Crippen LogP contribution in [0, 0.1) is 5.41 Å². The molecule has 0 aliphatic carbocycles. The number of likely N-dealkylation sites (tertiary alicyclic amines) is 1. The van der Waals surface area contributed by atoms with E-state index in [2.05, 4.69) is 40.0 Å². The van der Waals surface area contributed by atoms with Crippen LogP contribution in [0.5, 0.6) is 0 Å². The van der Waals surface area contributed by atoms with Crippen LogP contribution in [0.25, 0.3) is 0 Å². The van der Waals surface area contributed by atoms with Crippen molar-refractivity contribution in [1.29, 1.82) is 0 Å². The molecule has 192 valence electrons. The molecular weight excluding hydrogens is 499 g/mol. The maximum atomic E-state index is 10.1. The van der Waals surface area contributed by atoms with Crippen molar-refractivity contribution in [3.63, 3.8) is 0 Å². The van der Waals surface area contributed by atoms with Crippen LogP contribution in [-0.4, -0.2) is 60.5 Å². The molecule has 2 aromatic rings. The van der Waals surface area contributed by atoms with Gasteiger partial charge in [-0.3, -0.25) is 0 Å². The number of nitrogens with one attached hydrogen (secondary N) is 1. The predicted molar refractivity (Wildman–Crippen MR) is 146 cm³/mol. The minimum absolute atomic E-state index is 0.0538. The first kappa shape index (κ1) is 26.0. The molecule has 3 saturated heterocycles. The van der Waals surface area contributed by atoms with Crippen molar-refractivity contribution in [2.45, 2.75) is 69.0 Å². The van der Waals surface area contributed by atoms with Crippen molar-refractivity contribution >= 4 is 34.5 Å². The summed E-state index contributed by atoms with van der Waals surface area (Å²) in [6.45, 7) is 7.43. The number of aliphatic hydroxyl groups is 1. The van der Waals surface area contributed by atoms with E-state index in [1.165, 1.54) is 11.1 Å². The highest BCUT2D eigenvalue weighted by Crippen LogP contribution is 2.48. The van der Waals surface area contributed by atoms with Crippen molar-refractivity contribution < 1.29 is 9.84 Å². The lowest BCUT2D eigenvalue weighted by molar-refractivity contribution is -0.148. The summed E-state index contributed by atoms with van der Waals surface area (Å²) in [6.07, 6.45) is 7.09. The Bertz CT molecular complexity index is 995. The van der Waals surface area contributed by atoms with Crippen molar-refractivity contribution in [3.8, 4) is 0 Å². The van der Waals surface area contributed by atoms with Crippen LogP contribution in [0.2, 0.25) is 10.0 Å². The van der Waals surface area contributed by atoms with E-state index in [4.69, 9.17) is 27.9 Å². The molecule has 1 aromatic carbocycles. The van der Waals surface area contributed by atoms with Gasteiger partial charge in [-0.25, -0.2) is 0 Å². The molecular formula is C28H38Cl2N2O2S. The SMILES string of the molecule is CCCC1(CO)CCC2(CCN(C[C@]3(Cc4ccc(Cl)cc4Cl)CNC[C@@H]3c3ccsc3)CC2)O1. The van der Waals surface area contributed by atoms with Gasteiger partial charge < -0.3 is 20.1 Å². The molecule has 4 heterocycles. The number of halogens is 2. The number of rotatable bonds is 8. The second-order valence-electron chi connectivity index (χ2n) is 11.2. The Kier molecular flexibility index (Phi) is 7.87. The minimum Gasteiger partial charge on any atom is -0.393 e. The van der Waals surface area contributed by atoms with Crippen molar-refractivity contribution in [3.05, 3.63) is 56.2 Å². The smallest absolute Gasteiger partial charge is 0.0920 e. The first-order chi connectivity index (χ1) is 16.9. The van der Waals surface area contributed by atoms with Crippen molar-refractivity contribution in [1.82, 2.24) is 10.2 Å². The lowest BCUT2D eigenvalue weighted by Gasteiger charge is -2.45. The largest absolute Gasteiger partial charge is 0.393 e. The number of ether oxygens (including phenoxy) is 1. The molecule has 3 aliphatic heterocycles. The molecule has 35 heavy (non-hydrogen) atoms. The fourth-order valence-electron chi connectivity index (χ4n) is 6.96. The molecule has 1 spiro atoms. The van der Waals surface area contributed by atoms with Crippen LogP contribution in [0.4, 0.5) is 0 Å². The molecule has 3 fully saturated rings. The van der Waals surface area contributed by atoms with Gasteiger partial charge in [-0.05, 0) is 78.6 Å². The van der Waals surface area contributed by atoms with E-state index in [1.54, 1.807) is 11.3 Å². The highest BCUT2D eigenvalue weighted by Gasteiger charge is 2.51. The van der Waals surface area contributed by atoms with E-state index >= 15 is 0 Å². The third-order valence-electron chi connectivity index (χ3n) is 8.84. The third kappa shape index (κ3) is 5.34. The van der Waals surface area contributed by atoms with Crippen LogP contribution in [0.15, 0.2) is 35.0 Å². The second-order valence-corrected chi connectivity index (χ2v) is 12.8. The van der Waals surface area contributed by atoms with Crippen LogP contribution in [-0.2, 0) is 11.2 Å². The normalized spacial score (nSPS) is 30.9. The summed E-state index contributed by atoms with van der Waals surface area (Å²) in [4.78, 5) is 2.66. The number of thiophene rings is 1. The topological polar surface area (TPSA) is 44.7 Å². The van der Waals surface area contributed by atoms with Gasteiger partial charge in [-0.1, -0.05) is 42.6 Å². The third-order valence-corrected chi connectivity index (χ3v) is 10.1. The molecule has 7 heteroatoms. The maximum absolute atomic E-state index is 10.1. The quantitative estimate of drug-likeness (QED) is 0.424. The highest BCUT2D eigenvalue weighted by molar-refractivity contribution is 7.08. The predicted octanol–water partition coefficient (Wildman–Crippen LogP) is 6.15. The van der Waals surface area contributed by atoms with Crippen LogP contribution >= 0.6 is 34.5 Å². The Labute approximate surface area is 224 Å². The van der Waals surface area contributed by atoms with Gasteiger partial charge in [0.2, 0.25) is 0 Å². The zero-order valence-electron chi connectivity index (χ0n) is 20.7. The molecule has 1 aromatic heterocycles. The molecule has 3 atom stereocenters. The standard InChI is InChI=1S/C28H38Cl2N2O2S/c1-2-6-28(20-33)8-7-27(34-28)9-11-32(12-10-27)19-26(15-21-3-4-23(29)14-25(21)30)18-31-16-24(26)22-5-13-35-17-22/h3-5,13-14,17,24,31,33H,2,6-12,15-16,18-20H2,1H3/t24-,26+,28?/m1/s1. The average Bonchev–Trinajstić information content (AvgIpc) is 3.58. The van der Waals surface area contributed by atoms with E-state index in [9.17, 15) is 5.11 Å². The van der Waals surface area contributed by atoms with Crippen LogP contribution in [0.3, 0.4) is 0 Å². The van der Waals surface area contributed by atoms with E-state index in [1.807, 2.05) is 12.1 Å². The Hall–Kier alpha value is -0.660. The zero-order chi connectivity index (χ0) is 24.5. The van der Waals surface area contributed by atoms with Gasteiger partial charge in [0.05, 0.1) is 17.8 Å². The molecule has 0 saturated carbocycles. The molecule has 0 radical (unpaired) electrons. The summed E-state index contributed by atoms with van der Waals surface area (Å²) in [5.74, 6) is 0.450. The number of piperidine rings is 1. The van der Waals surface area contributed by atoms with Crippen molar-refractivity contribution in [2.75, 3.05) is 39.3 Å². The van der Waals surface area contributed by atoms with E-state index in [-0.39, 0.29) is 23.2 Å². The van der Waals surface area contributed by atoms with Crippen LogP contribution in [0.1, 0.15) is 62.5 Å². The number of nitrogens with zero attached hydrogens (tertiary/aromatic N) is 1. The average molecular weight is 538 g/mol. The summed E-state index contributed by atoms with van der Waals surface area (Å²) in [5, 5.41) is 19.8.